The molecule has 1 amide bonds. The smallest absolute Gasteiger partial charge is 0.243 e. The van der Waals surface area contributed by atoms with Gasteiger partial charge in [0.1, 0.15) is 18.1 Å². The van der Waals surface area contributed by atoms with Crippen LogP contribution in [0.1, 0.15) is 49.2 Å². The third-order valence-electron chi connectivity index (χ3n) is 5.83. The van der Waals surface area contributed by atoms with E-state index in [9.17, 15) is 4.79 Å². The fourth-order valence-corrected chi connectivity index (χ4v) is 4.22. The Labute approximate surface area is 195 Å². The maximum atomic E-state index is 13.4. The number of nitrogens with zero attached hydrogens (tertiary/aromatic N) is 5. The van der Waals surface area contributed by atoms with E-state index in [1.165, 1.54) is 6.42 Å². The molecule has 1 unspecified atom stereocenters. The molecule has 1 atom stereocenters. The van der Waals surface area contributed by atoms with Crippen molar-refractivity contribution in [3.63, 3.8) is 0 Å². The first-order chi connectivity index (χ1) is 16.1. The Hall–Kier alpha value is -3.26. The largest absolute Gasteiger partial charge is 0.494 e. The van der Waals surface area contributed by atoms with Crippen molar-refractivity contribution in [1.82, 2.24) is 29.7 Å². The molecule has 1 aromatic carbocycles. The van der Waals surface area contributed by atoms with Crippen molar-refractivity contribution in [3.05, 3.63) is 66.0 Å². The summed E-state index contributed by atoms with van der Waals surface area (Å²) in [4.78, 5) is 29.1. The molecule has 0 saturated carbocycles. The van der Waals surface area contributed by atoms with Gasteiger partial charge in [0.25, 0.3) is 0 Å². The van der Waals surface area contributed by atoms with Crippen LogP contribution >= 0.6 is 0 Å². The predicted molar refractivity (Wildman–Crippen MR) is 126 cm³/mol. The van der Waals surface area contributed by atoms with Gasteiger partial charge in [-0.2, -0.15) is 0 Å². The number of rotatable bonds is 9. The first-order valence-corrected chi connectivity index (χ1v) is 11.7. The highest BCUT2D eigenvalue weighted by Crippen LogP contribution is 2.25. The number of amides is 1. The van der Waals surface area contributed by atoms with E-state index in [-0.39, 0.29) is 5.91 Å². The summed E-state index contributed by atoms with van der Waals surface area (Å²) in [5.41, 5.74) is 2.72. The van der Waals surface area contributed by atoms with Gasteiger partial charge < -0.3 is 10.1 Å². The molecule has 1 aliphatic heterocycles. The molecule has 2 aromatic heterocycles. The molecular formula is C25H32N6O2. The van der Waals surface area contributed by atoms with E-state index in [2.05, 4.69) is 20.2 Å². The number of imidazole rings is 1. The van der Waals surface area contributed by atoms with Crippen molar-refractivity contribution in [2.45, 2.75) is 45.6 Å². The van der Waals surface area contributed by atoms with Crippen molar-refractivity contribution in [1.29, 1.82) is 0 Å². The van der Waals surface area contributed by atoms with Gasteiger partial charge in [0.15, 0.2) is 0 Å². The molecule has 0 spiro atoms. The van der Waals surface area contributed by atoms with Crippen molar-refractivity contribution in [3.8, 4) is 11.7 Å². The number of aryl methyl sites for hydroxylation is 1. The molecule has 1 saturated heterocycles. The van der Waals surface area contributed by atoms with E-state index in [0.717, 1.165) is 55.1 Å². The minimum atomic E-state index is -0.436. The van der Waals surface area contributed by atoms with Crippen LogP contribution in [0.4, 0.5) is 0 Å². The number of hydrogen-bond donors (Lipinski definition) is 1. The fraction of sp³-hybridized carbons (Fsp3) is 0.440. The Bertz CT molecular complexity index is 1030. The van der Waals surface area contributed by atoms with Crippen molar-refractivity contribution >= 4 is 5.91 Å². The molecule has 0 aliphatic carbocycles. The van der Waals surface area contributed by atoms with Crippen LogP contribution in [0.15, 0.2) is 49.1 Å². The highest BCUT2D eigenvalue weighted by atomic mass is 16.5. The van der Waals surface area contributed by atoms with E-state index >= 15 is 0 Å². The topological polar surface area (TPSA) is 85.2 Å². The van der Waals surface area contributed by atoms with Gasteiger partial charge in [-0.15, -0.1) is 0 Å². The summed E-state index contributed by atoms with van der Waals surface area (Å²) in [6.07, 6.45) is 9.32. The van der Waals surface area contributed by atoms with Crippen LogP contribution in [0.5, 0.6) is 5.75 Å². The maximum Gasteiger partial charge on any atom is 0.243 e. The second-order valence-corrected chi connectivity index (χ2v) is 8.32. The normalized spacial score (nSPS) is 15.2. The van der Waals surface area contributed by atoms with E-state index in [1.807, 2.05) is 50.4 Å². The number of hydrogen-bond acceptors (Lipinski definition) is 6. The third kappa shape index (κ3) is 5.96. The zero-order valence-corrected chi connectivity index (χ0v) is 19.4. The molecule has 33 heavy (non-hydrogen) atoms. The minimum Gasteiger partial charge on any atom is -0.494 e. The Morgan fingerprint density at radius 1 is 1.15 bits per heavy atom. The number of aromatic nitrogens is 4. The van der Waals surface area contributed by atoms with Crippen LogP contribution in [-0.4, -0.2) is 56.6 Å². The number of benzene rings is 1. The third-order valence-corrected chi connectivity index (χ3v) is 5.83. The molecule has 0 bridgehead atoms. The second-order valence-electron chi connectivity index (χ2n) is 8.32. The van der Waals surface area contributed by atoms with Crippen LogP contribution in [0, 0.1) is 6.92 Å². The molecule has 1 aliphatic rings. The summed E-state index contributed by atoms with van der Waals surface area (Å²) in [6.45, 7) is 6.90. The summed E-state index contributed by atoms with van der Waals surface area (Å²) in [5.74, 6) is 1.38. The zero-order chi connectivity index (χ0) is 23.0. The van der Waals surface area contributed by atoms with Crippen LogP contribution in [0.3, 0.4) is 0 Å². The molecule has 8 nitrogen and oxygen atoms in total. The van der Waals surface area contributed by atoms with Crippen LogP contribution < -0.4 is 10.1 Å². The van der Waals surface area contributed by atoms with Gasteiger partial charge >= 0.3 is 0 Å². The van der Waals surface area contributed by atoms with E-state index in [0.29, 0.717) is 19.1 Å². The zero-order valence-electron chi connectivity index (χ0n) is 19.4. The van der Waals surface area contributed by atoms with Gasteiger partial charge in [-0.05, 0) is 70.0 Å². The second kappa shape index (κ2) is 11.0. The summed E-state index contributed by atoms with van der Waals surface area (Å²) in [7, 11) is 0. The lowest BCUT2D eigenvalue weighted by Crippen LogP contribution is -2.44. The summed E-state index contributed by atoms with van der Waals surface area (Å²) >= 11 is 0. The molecule has 1 fully saturated rings. The molecule has 174 valence electrons. The number of ether oxygens (including phenoxy) is 1. The lowest BCUT2D eigenvalue weighted by molar-refractivity contribution is -0.127. The molecule has 0 radical (unpaired) electrons. The number of nitrogens with one attached hydrogen (secondary N) is 1. The first-order valence-electron chi connectivity index (χ1n) is 11.7. The molecule has 8 heteroatoms. The van der Waals surface area contributed by atoms with E-state index < -0.39 is 6.04 Å². The molecule has 3 heterocycles. The van der Waals surface area contributed by atoms with Crippen molar-refractivity contribution in [2.75, 3.05) is 26.2 Å². The molecule has 3 aromatic rings. The van der Waals surface area contributed by atoms with Gasteiger partial charge in [0, 0.05) is 24.6 Å². The first kappa shape index (κ1) is 22.9. The minimum absolute atomic E-state index is 0.0162. The van der Waals surface area contributed by atoms with Crippen molar-refractivity contribution < 1.29 is 9.53 Å². The van der Waals surface area contributed by atoms with Gasteiger partial charge in [-0.3, -0.25) is 14.3 Å². The fourth-order valence-electron chi connectivity index (χ4n) is 4.22. The maximum absolute atomic E-state index is 13.4. The number of piperidine rings is 1. The Morgan fingerprint density at radius 2 is 1.94 bits per heavy atom. The SMILES string of the molecule is CCOc1ccc(CCNC(=O)C(c2cc(C)nc(-n3ccnc3)n2)N2CCCCC2)cc1. The van der Waals surface area contributed by atoms with E-state index in [1.54, 1.807) is 17.1 Å². The number of carbonyl (C=O) groups excluding carboxylic acids is 1. The summed E-state index contributed by atoms with van der Waals surface area (Å²) in [6, 6.07) is 9.52. The van der Waals surface area contributed by atoms with Gasteiger partial charge in [0.2, 0.25) is 11.9 Å². The van der Waals surface area contributed by atoms with Gasteiger partial charge in [-0.25, -0.2) is 15.0 Å². The van der Waals surface area contributed by atoms with Crippen LogP contribution in [0.25, 0.3) is 5.95 Å². The standard InChI is InChI=1S/C25H32N6O2/c1-3-33-21-9-7-20(8-10-21)11-12-27-24(32)23(30-14-5-4-6-15-30)22-17-19(2)28-25(29-22)31-16-13-26-18-31/h7-10,13,16-18,23H,3-6,11-12,14-15H2,1-2H3,(H,27,32). The predicted octanol–water partition coefficient (Wildman–Crippen LogP) is 3.26. The Morgan fingerprint density at radius 3 is 2.64 bits per heavy atom. The summed E-state index contributed by atoms with van der Waals surface area (Å²) in [5, 5.41) is 3.15. The highest BCUT2D eigenvalue weighted by molar-refractivity contribution is 5.82. The van der Waals surface area contributed by atoms with Crippen molar-refractivity contribution in [2.24, 2.45) is 0 Å². The van der Waals surface area contributed by atoms with Gasteiger partial charge in [0.05, 0.1) is 12.3 Å². The Balaban J connectivity index is 1.49. The quantitative estimate of drug-likeness (QED) is 0.541. The Kier molecular flexibility index (Phi) is 7.67. The van der Waals surface area contributed by atoms with Gasteiger partial charge in [-0.1, -0.05) is 18.6 Å². The van der Waals surface area contributed by atoms with Crippen LogP contribution in [-0.2, 0) is 11.2 Å². The van der Waals surface area contributed by atoms with Crippen LogP contribution in [0.2, 0.25) is 0 Å². The molecule has 4 rings (SSSR count). The summed E-state index contributed by atoms with van der Waals surface area (Å²) < 4.78 is 7.28. The monoisotopic (exact) mass is 448 g/mol. The highest BCUT2D eigenvalue weighted by Gasteiger charge is 2.30. The average molecular weight is 449 g/mol. The lowest BCUT2D eigenvalue weighted by atomic mass is 10.0. The lowest BCUT2D eigenvalue weighted by Gasteiger charge is -2.33. The average Bonchev–Trinajstić information content (AvgIpc) is 3.36. The van der Waals surface area contributed by atoms with E-state index in [4.69, 9.17) is 9.72 Å². The molecule has 1 N–H and O–H groups in total. The number of likely N-dealkylation sites (tertiary alicyclic amines) is 1. The number of carbonyl (C=O) groups is 1. The molecular weight excluding hydrogens is 416 g/mol.